The third-order valence-electron chi connectivity index (χ3n) is 4.06. The van der Waals surface area contributed by atoms with Gasteiger partial charge >= 0.3 is 0 Å². The lowest BCUT2D eigenvalue weighted by Gasteiger charge is -2.57. The molecule has 3 rings (SSSR count). The van der Waals surface area contributed by atoms with Gasteiger partial charge in [-0.15, -0.1) is 0 Å². The SMILES string of the molecule is Cc1cc([N+](=O)[O-])cc(C)c1N1CC2(CNC2)C1. The van der Waals surface area contributed by atoms with E-state index in [-0.39, 0.29) is 10.6 Å². The summed E-state index contributed by atoms with van der Waals surface area (Å²) in [6.45, 7) is 8.26. The van der Waals surface area contributed by atoms with Gasteiger partial charge in [0.05, 0.1) is 4.92 Å². The van der Waals surface area contributed by atoms with E-state index in [9.17, 15) is 10.1 Å². The monoisotopic (exact) mass is 247 g/mol. The molecule has 5 heteroatoms. The average molecular weight is 247 g/mol. The molecule has 2 fully saturated rings. The summed E-state index contributed by atoms with van der Waals surface area (Å²) in [6, 6.07) is 3.35. The van der Waals surface area contributed by atoms with E-state index < -0.39 is 0 Å². The Kier molecular flexibility index (Phi) is 2.35. The van der Waals surface area contributed by atoms with Crippen LogP contribution < -0.4 is 10.2 Å². The van der Waals surface area contributed by atoms with Gasteiger partial charge in [-0.25, -0.2) is 0 Å². The minimum atomic E-state index is -0.322. The van der Waals surface area contributed by atoms with Crippen molar-refractivity contribution in [1.29, 1.82) is 0 Å². The summed E-state index contributed by atoms with van der Waals surface area (Å²) in [7, 11) is 0. The van der Waals surface area contributed by atoms with Gasteiger partial charge in [0, 0.05) is 49.4 Å². The van der Waals surface area contributed by atoms with E-state index in [2.05, 4.69) is 10.2 Å². The fourth-order valence-corrected chi connectivity index (χ4v) is 3.16. The molecule has 0 unspecified atom stereocenters. The van der Waals surface area contributed by atoms with E-state index in [1.54, 1.807) is 12.1 Å². The second-order valence-corrected chi connectivity index (χ2v) is 5.64. The Hall–Kier alpha value is -1.62. The topological polar surface area (TPSA) is 58.4 Å². The number of rotatable bonds is 2. The van der Waals surface area contributed by atoms with E-state index in [0.29, 0.717) is 5.41 Å². The predicted octanol–water partition coefficient (Wildman–Crippen LogP) is 1.62. The van der Waals surface area contributed by atoms with Crippen LogP contribution in [0.3, 0.4) is 0 Å². The van der Waals surface area contributed by atoms with Crippen molar-refractivity contribution in [3.8, 4) is 0 Å². The summed E-state index contributed by atoms with van der Waals surface area (Å²) < 4.78 is 0. The van der Waals surface area contributed by atoms with Gasteiger partial charge in [0.2, 0.25) is 0 Å². The number of hydrogen-bond donors (Lipinski definition) is 1. The maximum atomic E-state index is 10.8. The summed E-state index contributed by atoms with van der Waals surface area (Å²) in [6.07, 6.45) is 0. The molecule has 1 spiro atoms. The van der Waals surface area contributed by atoms with E-state index in [1.165, 1.54) is 5.69 Å². The highest BCUT2D eigenvalue weighted by molar-refractivity contribution is 5.64. The second kappa shape index (κ2) is 3.68. The molecule has 18 heavy (non-hydrogen) atoms. The van der Waals surface area contributed by atoms with E-state index in [1.807, 2.05) is 13.8 Å². The fourth-order valence-electron chi connectivity index (χ4n) is 3.16. The van der Waals surface area contributed by atoms with Crippen molar-refractivity contribution in [3.63, 3.8) is 0 Å². The molecule has 2 saturated heterocycles. The van der Waals surface area contributed by atoms with Gasteiger partial charge < -0.3 is 10.2 Å². The van der Waals surface area contributed by atoms with E-state index in [4.69, 9.17) is 0 Å². The van der Waals surface area contributed by atoms with Gasteiger partial charge in [-0.3, -0.25) is 10.1 Å². The van der Waals surface area contributed by atoms with Crippen molar-refractivity contribution in [2.24, 2.45) is 5.41 Å². The number of non-ortho nitro benzene ring substituents is 1. The number of nitro benzene ring substituents is 1. The van der Waals surface area contributed by atoms with Crippen LogP contribution in [0.25, 0.3) is 0 Å². The van der Waals surface area contributed by atoms with Gasteiger partial charge in [-0.2, -0.15) is 0 Å². The normalized spacial score (nSPS) is 20.4. The minimum absolute atomic E-state index is 0.189. The first-order chi connectivity index (χ1) is 8.51. The Labute approximate surface area is 106 Å². The van der Waals surface area contributed by atoms with Crippen molar-refractivity contribution in [3.05, 3.63) is 33.4 Å². The van der Waals surface area contributed by atoms with Crippen molar-refractivity contribution in [2.45, 2.75) is 13.8 Å². The quantitative estimate of drug-likeness (QED) is 0.637. The maximum absolute atomic E-state index is 10.8. The molecule has 1 aromatic carbocycles. The maximum Gasteiger partial charge on any atom is 0.270 e. The number of aryl methyl sites for hydroxylation is 2. The molecule has 0 saturated carbocycles. The highest BCUT2D eigenvalue weighted by atomic mass is 16.6. The largest absolute Gasteiger partial charge is 0.370 e. The summed E-state index contributed by atoms with van der Waals surface area (Å²) in [5.74, 6) is 0. The molecule has 0 aromatic heterocycles. The van der Waals surface area contributed by atoms with Crippen LogP contribution in [-0.4, -0.2) is 31.1 Å². The minimum Gasteiger partial charge on any atom is -0.370 e. The number of benzene rings is 1. The molecule has 96 valence electrons. The molecule has 0 radical (unpaired) electrons. The van der Waals surface area contributed by atoms with E-state index >= 15 is 0 Å². The van der Waals surface area contributed by atoms with Crippen LogP contribution >= 0.6 is 0 Å². The smallest absolute Gasteiger partial charge is 0.270 e. The van der Waals surface area contributed by atoms with Gasteiger partial charge in [0.15, 0.2) is 0 Å². The molecule has 1 N–H and O–H groups in total. The summed E-state index contributed by atoms with van der Waals surface area (Å²) in [4.78, 5) is 12.8. The van der Waals surface area contributed by atoms with Gasteiger partial charge in [-0.1, -0.05) is 0 Å². The number of nitro groups is 1. The summed E-state index contributed by atoms with van der Waals surface area (Å²) in [5.41, 5.74) is 3.85. The van der Waals surface area contributed by atoms with Crippen LogP contribution in [0.4, 0.5) is 11.4 Å². The lowest BCUT2D eigenvalue weighted by atomic mass is 9.74. The summed E-state index contributed by atoms with van der Waals surface area (Å²) in [5, 5.41) is 14.1. The van der Waals surface area contributed by atoms with Crippen LogP contribution in [-0.2, 0) is 0 Å². The molecule has 1 aromatic rings. The molecule has 0 amide bonds. The number of anilines is 1. The van der Waals surface area contributed by atoms with Crippen molar-refractivity contribution < 1.29 is 4.92 Å². The average Bonchev–Trinajstić information content (AvgIpc) is 2.16. The Morgan fingerprint density at radius 1 is 1.28 bits per heavy atom. The predicted molar refractivity (Wildman–Crippen MR) is 70.1 cm³/mol. The Balaban J connectivity index is 1.87. The highest BCUT2D eigenvalue weighted by Crippen LogP contribution is 2.40. The molecule has 5 nitrogen and oxygen atoms in total. The van der Waals surface area contributed by atoms with Crippen molar-refractivity contribution in [2.75, 3.05) is 31.1 Å². The van der Waals surface area contributed by atoms with Crippen molar-refractivity contribution in [1.82, 2.24) is 5.32 Å². The fraction of sp³-hybridized carbons (Fsp3) is 0.538. The number of nitrogens with one attached hydrogen (secondary N) is 1. The number of nitrogens with zero attached hydrogens (tertiary/aromatic N) is 2. The molecular weight excluding hydrogens is 230 g/mol. The third kappa shape index (κ3) is 1.58. The molecule has 2 aliphatic rings. The first-order valence-electron chi connectivity index (χ1n) is 6.22. The Bertz CT molecular complexity index is 492. The van der Waals surface area contributed by atoms with Crippen LogP contribution in [0.15, 0.2) is 12.1 Å². The van der Waals surface area contributed by atoms with Gasteiger partial charge in [0.25, 0.3) is 5.69 Å². The van der Waals surface area contributed by atoms with Crippen LogP contribution in [0.5, 0.6) is 0 Å². The molecule has 2 heterocycles. The first-order valence-corrected chi connectivity index (χ1v) is 6.22. The van der Waals surface area contributed by atoms with Crippen LogP contribution in [0.1, 0.15) is 11.1 Å². The Morgan fingerprint density at radius 3 is 2.22 bits per heavy atom. The Morgan fingerprint density at radius 2 is 1.83 bits per heavy atom. The molecule has 0 aliphatic carbocycles. The second-order valence-electron chi connectivity index (χ2n) is 5.64. The molecule has 0 bridgehead atoms. The summed E-state index contributed by atoms with van der Waals surface area (Å²) >= 11 is 0. The van der Waals surface area contributed by atoms with Gasteiger partial charge in [-0.05, 0) is 25.0 Å². The standard InChI is InChI=1S/C13H17N3O2/c1-9-3-11(16(17)18)4-10(2)12(9)15-7-13(8-15)5-14-6-13/h3-4,14H,5-8H2,1-2H3. The molecule has 0 atom stereocenters. The van der Waals surface area contributed by atoms with Crippen LogP contribution in [0.2, 0.25) is 0 Å². The lowest BCUT2D eigenvalue weighted by molar-refractivity contribution is -0.384. The highest BCUT2D eigenvalue weighted by Gasteiger charge is 2.48. The number of hydrogen-bond acceptors (Lipinski definition) is 4. The molecular formula is C13H17N3O2. The molecule has 2 aliphatic heterocycles. The zero-order valence-electron chi connectivity index (χ0n) is 10.7. The third-order valence-corrected chi connectivity index (χ3v) is 4.06. The van der Waals surface area contributed by atoms with Crippen molar-refractivity contribution >= 4 is 11.4 Å². The van der Waals surface area contributed by atoms with Crippen LogP contribution in [0, 0.1) is 29.4 Å². The zero-order chi connectivity index (χ0) is 12.9. The first kappa shape index (κ1) is 11.5. The van der Waals surface area contributed by atoms with Gasteiger partial charge in [0.1, 0.15) is 0 Å². The lowest BCUT2D eigenvalue weighted by Crippen LogP contribution is -2.71. The zero-order valence-corrected chi connectivity index (χ0v) is 10.7. The van der Waals surface area contributed by atoms with E-state index in [0.717, 1.165) is 37.3 Å².